The average molecular weight is 290 g/mol. The first-order valence-corrected chi connectivity index (χ1v) is 6.28. The van der Waals surface area contributed by atoms with Crippen LogP contribution in [-0.2, 0) is 19.1 Å². The van der Waals surface area contributed by atoms with Crippen LogP contribution in [0.5, 0.6) is 0 Å². The van der Waals surface area contributed by atoms with Crippen molar-refractivity contribution >= 4 is 17.8 Å². The van der Waals surface area contributed by atoms with E-state index in [2.05, 4.69) is 0 Å². The Morgan fingerprint density at radius 1 is 1.25 bits per heavy atom. The average Bonchev–Trinajstić information content (AvgIpc) is 2.21. The topological polar surface area (TPSA) is 133 Å². The number of aliphatic carboxylic acids is 1. The molecule has 0 heterocycles. The van der Waals surface area contributed by atoms with E-state index in [-0.39, 0.29) is 19.3 Å². The van der Waals surface area contributed by atoms with Crippen LogP contribution in [0, 0.1) is 0 Å². The van der Waals surface area contributed by atoms with E-state index in [1.54, 1.807) is 0 Å². The van der Waals surface area contributed by atoms with Gasteiger partial charge in [-0.15, -0.1) is 0 Å². The van der Waals surface area contributed by atoms with Crippen LogP contribution in [0.1, 0.15) is 19.3 Å². The summed E-state index contributed by atoms with van der Waals surface area (Å²) in [5.41, 5.74) is 10.5. The number of nitrogens with two attached hydrogens (primary N) is 2. The standard InChI is InChI=1S/C12H23N3O5/c1-15(2,3)7-8(6-11(17)18)20-12(19)9(13)4-5-10(14)16/h8-9H,4-7,13H2,1-3H3,(H2-,14,16,17,18)/p+1/t8-,9+/m1/s1. The number of carbonyl (C=O) groups excluding carboxylic acids is 2. The third-order valence-corrected chi connectivity index (χ3v) is 2.44. The molecular formula is C12H24N3O5+. The molecule has 2 atom stereocenters. The molecule has 0 saturated carbocycles. The van der Waals surface area contributed by atoms with Crippen LogP contribution in [0.3, 0.4) is 0 Å². The van der Waals surface area contributed by atoms with Gasteiger partial charge in [0.25, 0.3) is 0 Å². The summed E-state index contributed by atoms with van der Waals surface area (Å²) in [7, 11) is 5.57. The summed E-state index contributed by atoms with van der Waals surface area (Å²) in [4.78, 5) is 33.1. The van der Waals surface area contributed by atoms with Crippen LogP contribution in [0.25, 0.3) is 0 Å². The van der Waals surface area contributed by atoms with E-state index in [1.165, 1.54) is 0 Å². The van der Waals surface area contributed by atoms with Crippen molar-refractivity contribution in [2.75, 3.05) is 27.7 Å². The molecule has 1 amide bonds. The minimum absolute atomic E-state index is 0.0187. The quantitative estimate of drug-likeness (QED) is 0.356. The molecule has 0 aromatic carbocycles. The van der Waals surface area contributed by atoms with Gasteiger partial charge >= 0.3 is 11.9 Å². The normalized spacial score (nSPS) is 14.4. The summed E-state index contributed by atoms with van der Waals surface area (Å²) in [5, 5.41) is 8.82. The van der Waals surface area contributed by atoms with Crippen LogP contribution >= 0.6 is 0 Å². The molecule has 0 bridgehead atoms. The second-order valence-electron chi connectivity index (χ2n) is 5.74. The summed E-state index contributed by atoms with van der Waals surface area (Å²) in [6.45, 7) is 0.348. The second-order valence-corrected chi connectivity index (χ2v) is 5.74. The Bertz CT molecular complexity index is 365. The zero-order valence-corrected chi connectivity index (χ0v) is 12.2. The third-order valence-electron chi connectivity index (χ3n) is 2.44. The van der Waals surface area contributed by atoms with E-state index in [0.29, 0.717) is 11.0 Å². The number of primary amides is 1. The van der Waals surface area contributed by atoms with Crippen molar-refractivity contribution < 1.29 is 28.7 Å². The zero-order valence-electron chi connectivity index (χ0n) is 12.2. The van der Waals surface area contributed by atoms with E-state index < -0.39 is 30.0 Å². The van der Waals surface area contributed by atoms with Crippen molar-refractivity contribution in [3.05, 3.63) is 0 Å². The molecule has 0 unspecified atom stereocenters. The summed E-state index contributed by atoms with van der Waals surface area (Å²) >= 11 is 0. The number of esters is 1. The number of nitrogens with zero attached hydrogens (tertiary/aromatic N) is 1. The predicted molar refractivity (Wildman–Crippen MR) is 71.4 cm³/mol. The Morgan fingerprint density at radius 2 is 1.80 bits per heavy atom. The van der Waals surface area contributed by atoms with Crippen LogP contribution < -0.4 is 11.5 Å². The summed E-state index contributed by atoms with van der Waals surface area (Å²) < 4.78 is 5.57. The maximum absolute atomic E-state index is 11.7. The van der Waals surface area contributed by atoms with Crippen LogP contribution in [0.15, 0.2) is 0 Å². The highest BCUT2D eigenvalue weighted by atomic mass is 16.5. The van der Waals surface area contributed by atoms with Crippen LogP contribution in [0.2, 0.25) is 0 Å². The molecule has 0 radical (unpaired) electrons. The van der Waals surface area contributed by atoms with Gasteiger partial charge in [0.05, 0.1) is 27.6 Å². The summed E-state index contributed by atoms with van der Waals surface area (Å²) in [5.74, 6) is -2.32. The fourth-order valence-electron chi connectivity index (χ4n) is 1.62. The minimum atomic E-state index is -1.05. The largest absolute Gasteiger partial charge is 0.481 e. The molecule has 20 heavy (non-hydrogen) atoms. The third kappa shape index (κ3) is 9.29. The summed E-state index contributed by atoms with van der Waals surface area (Å²) in [6.07, 6.45) is -0.989. The fourth-order valence-corrected chi connectivity index (χ4v) is 1.62. The Labute approximate surface area is 118 Å². The number of quaternary nitrogens is 1. The molecule has 0 fully saturated rings. The molecule has 0 saturated heterocycles. The Hall–Kier alpha value is -1.67. The lowest BCUT2D eigenvalue weighted by molar-refractivity contribution is -0.873. The first-order valence-electron chi connectivity index (χ1n) is 6.28. The maximum atomic E-state index is 11.7. The van der Waals surface area contributed by atoms with Crippen molar-refractivity contribution in [1.29, 1.82) is 0 Å². The van der Waals surface area contributed by atoms with Gasteiger partial charge in [0.1, 0.15) is 12.6 Å². The van der Waals surface area contributed by atoms with Crippen molar-refractivity contribution in [3.8, 4) is 0 Å². The molecule has 8 nitrogen and oxygen atoms in total. The van der Waals surface area contributed by atoms with Gasteiger partial charge in [0, 0.05) is 6.42 Å². The smallest absolute Gasteiger partial charge is 0.323 e. The van der Waals surface area contributed by atoms with Gasteiger partial charge in [0.2, 0.25) is 5.91 Å². The number of carbonyl (C=O) groups is 3. The molecule has 0 aliphatic rings. The molecule has 0 aromatic rings. The molecule has 0 rings (SSSR count). The molecule has 116 valence electrons. The van der Waals surface area contributed by atoms with Crippen LogP contribution in [0.4, 0.5) is 0 Å². The SMILES string of the molecule is C[N+](C)(C)C[C@@H](CC(=O)O)OC(=O)[C@@H](N)CCC(N)=O. The van der Waals surface area contributed by atoms with Gasteiger partial charge in [-0.05, 0) is 6.42 Å². The van der Waals surface area contributed by atoms with Gasteiger partial charge in [-0.25, -0.2) is 0 Å². The lowest BCUT2D eigenvalue weighted by Crippen LogP contribution is -2.45. The van der Waals surface area contributed by atoms with E-state index in [1.807, 2.05) is 21.1 Å². The maximum Gasteiger partial charge on any atom is 0.323 e. The van der Waals surface area contributed by atoms with Gasteiger partial charge in [-0.2, -0.15) is 0 Å². The Kier molecular flexibility index (Phi) is 7.16. The molecule has 5 N–H and O–H groups in total. The lowest BCUT2D eigenvalue weighted by atomic mass is 10.1. The first kappa shape index (κ1) is 18.3. The monoisotopic (exact) mass is 290 g/mol. The van der Waals surface area contributed by atoms with E-state index in [4.69, 9.17) is 21.3 Å². The zero-order chi connectivity index (χ0) is 15.9. The van der Waals surface area contributed by atoms with Crippen molar-refractivity contribution in [3.63, 3.8) is 0 Å². The number of rotatable bonds is 9. The van der Waals surface area contributed by atoms with Gasteiger partial charge in [0.15, 0.2) is 6.10 Å². The highest BCUT2D eigenvalue weighted by molar-refractivity contribution is 5.78. The fraction of sp³-hybridized carbons (Fsp3) is 0.750. The highest BCUT2D eigenvalue weighted by Gasteiger charge is 2.27. The number of ether oxygens (including phenoxy) is 1. The Morgan fingerprint density at radius 3 is 2.20 bits per heavy atom. The van der Waals surface area contributed by atoms with E-state index >= 15 is 0 Å². The molecule has 0 aliphatic carbocycles. The molecule has 0 aliphatic heterocycles. The second kappa shape index (κ2) is 7.81. The summed E-state index contributed by atoms with van der Waals surface area (Å²) in [6, 6.07) is -0.980. The van der Waals surface area contributed by atoms with Crippen molar-refractivity contribution in [1.82, 2.24) is 0 Å². The lowest BCUT2D eigenvalue weighted by Gasteiger charge is -2.28. The number of carboxylic acids is 1. The highest BCUT2D eigenvalue weighted by Crippen LogP contribution is 2.07. The molecule has 0 aromatic heterocycles. The predicted octanol–water partition coefficient (Wildman–Crippen LogP) is -1.33. The number of carboxylic acid groups (broad SMARTS) is 1. The van der Waals surface area contributed by atoms with Crippen molar-refractivity contribution in [2.24, 2.45) is 11.5 Å². The number of likely N-dealkylation sites (N-methyl/N-ethyl adjacent to an activating group) is 1. The van der Waals surface area contributed by atoms with Crippen LogP contribution in [-0.4, -0.2) is 67.3 Å². The first-order chi connectivity index (χ1) is 9.01. The number of hydrogen-bond acceptors (Lipinski definition) is 5. The van der Waals surface area contributed by atoms with E-state index in [0.717, 1.165) is 0 Å². The van der Waals surface area contributed by atoms with Crippen molar-refractivity contribution in [2.45, 2.75) is 31.4 Å². The van der Waals surface area contributed by atoms with E-state index in [9.17, 15) is 14.4 Å². The minimum Gasteiger partial charge on any atom is -0.481 e. The molecular weight excluding hydrogens is 266 g/mol. The Balaban J connectivity index is 4.51. The number of hydrogen-bond donors (Lipinski definition) is 3. The molecule has 8 heteroatoms. The van der Waals surface area contributed by atoms with Gasteiger partial charge in [-0.3, -0.25) is 14.4 Å². The van der Waals surface area contributed by atoms with Gasteiger partial charge in [-0.1, -0.05) is 0 Å². The van der Waals surface area contributed by atoms with Gasteiger partial charge < -0.3 is 25.8 Å². The molecule has 0 spiro atoms. The number of amides is 1.